The molecule has 0 saturated carbocycles. The lowest BCUT2D eigenvalue weighted by atomic mass is 10.0. The summed E-state index contributed by atoms with van der Waals surface area (Å²) < 4.78 is 17.3. The molecular formula is C23H25NO4. The highest BCUT2D eigenvalue weighted by Crippen LogP contribution is 2.34. The number of nitrogens with zero attached hydrogens (tertiary/aromatic N) is 1. The third-order valence-electron chi connectivity index (χ3n) is 5.08. The van der Waals surface area contributed by atoms with Crippen molar-refractivity contribution in [1.29, 1.82) is 0 Å². The Morgan fingerprint density at radius 1 is 1.14 bits per heavy atom. The lowest BCUT2D eigenvalue weighted by Gasteiger charge is -2.30. The highest BCUT2D eigenvalue weighted by atomic mass is 16.5. The quantitative estimate of drug-likeness (QED) is 0.664. The zero-order valence-electron chi connectivity index (χ0n) is 16.7. The molecule has 0 atom stereocenters. The number of methoxy groups -OCH3 is 1. The molecule has 0 N–H and O–H groups in total. The van der Waals surface area contributed by atoms with E-state index in [2.05, 4.69) is 18.7 Å². The second-order valence-electron chi connectivity index (χ2n) is 7.69. The standard InChI is InChI=1S/C23H25NO4/c1-14(2)11-24-12-19-20(27-13-24)10-9-18-22(25)21(15(3)28-23(18)19)16-5-7-17(26-4)8-6-16/h5-10,14H,11-13H2,1-4H3. The van der Waals surface area contributed by atoms with Crippen molar-refractivity contribution in [2.45, 2.75) is 27.3 Å². The summed E-state index contributed by atoms with van der Waals surface area (Å²) in [4.78, 5) is 15.5. The van der Waals surface area contributed by atoms with Gasteiger partial charge in [-0.15, -0.1) is 0 Å². The van der Waals surface area contributed by atoms with E-state index in [0.717, 1.165) is 35.7 Å². The number of aryl methyl sites for hydroxylation is 1. The predicted molar refractivity (Wildman–Crippen MR) is 110 cm³/mol. The topological polar surface area (TPSA) is 51.9 Å². The number of hydrogen-bond donors (Lipinski definition) is 0. The summed E-state index contributed by atoms with van der Waals surface area (Å²) in [5.41, 5.74) is 2.97. The van der Waals surface area contributed by atoms with Crippen LogP contribution in [-0.4, -0.2) is 25.3 Å². The van der Waals surface area contributed by atoms with Crippen LogP contribution in [0.25, 0.3) is 22.1 Å². The van der Waals surface area contributed by atoms with Gasteiger partial charge in [-0.1, -0.05) is 26.0 Å². The molecule has 0 fully saturated rings. The first kappa shape index (κ1) is 18.6. The van der Waals surface area contributed by atoms with Gasteiger partial charge >= 0.3 is 0 Å². The van der Waals surface area contributed by atoms with E-state index in [4.69, 9.17) is 13.9 Å². The fourth-order valence-corrected chi connectivity index (χ4v) is 3.84. The van der Waals surface area contributed by atoms with Gasteiger partial charge in [-0.2, -0.15) is 0 Å². The molecule has 1 aliphatic heterocycles. The molecule has 0 unspecified atom stereocenters. The molecule has 0 saturated heterocycles. The SMILES string of the molecule is COc1ccc(-c2c(C)oc3c4c(ccc3c2=O)OCN(CC(C)C)C4)cc1. The Morgan fingerprint density at radius 2 is 1.89 bits per heavy atom. The van der Waals surface area contributed by atoms with Crippen molar-refractivity contribution >= 4 is 11.0 Å². The number of rotatable bonds is 4. The third kappa shape index (κ3) is 3.27. The third-order valence-corrected chi connectivity index (χ3v) is 5.08. The summed E-state index contributed by atoms with van der Waals surface area (Å²) in [5, 5.41) is 0.588. The lowest BCUT2D eigenvalue weighted by molar-refractivity contribution is 0.0848. The number of hydrogen-bond acceptors (Lipinski definition) is 5. The Labute approximate surface area is 164 Å². The van der Waals surface area contributed by atoms with Crippen LogP contribution in [0.3, 0.4) is 0 Å². The highest BCUT2D eigenvalue weighted by molar-refractivity contribution is 5.86. The monoisotopic (exact) mass is 379 g/mol. The van der Waals surface area contributed by atoms with Gasteiger partial charge in [0.15, 0.2) is 0 Å². The van der Waals surface area contributed by atoms with Crippen LogP contribution in [0.15, 0.2) is 45.6 Å². The van der Waals surface area contributed by atoms with Crippen molar-refractivity contribution in [3.63, 3.8) is 0 Å². The van der Waals surface area contributed by atoms with Gasteiger partial charge in [-0.25, -0.2) is 0 Å². The van der Waals surface area contributed by atoms with Gasteiger partial charge in [0.25, 0.3) is 0 Å². The largest absolute Gasteiger partial charge is 0.497 e. The summed E-state index contributed by atoms with van der Waals surface area (Å²) in [6, 6.07) is 11.2. The van der Waals surface area contributed by atoms with Gasteiger partial charge < -0.3 is 13.9 Å². The molecule has 3 aromatic rings. The molecule has 0 radical (unpaired) electrons. The molecule has 1 aliphatic rings. The van der Waals surface area contributed by atoms with Gasteiger partial charge in [-0.05, 0) is 42.7 Å². The Hall–Kier alpha value is -2.79. The van der Waals surface area contributed by atoms with E-state index >= 15 is 0 Å². The van der Waals surface area contributed by atoms with Gasteiger partial charge in [0, 0.05) is 13.1 Å². The van der Waals surface area contributed by atoms with E-state index in [9.17, 15) is 4.79 Å². The van der Waals surface area contributed by atoms with E-state index in [1.165, 1.54) is 0 Å². The van der Waals surface area contributed by atoms with Crippen molar-refractivity contribution in [2.24, 2.45) is 5.92 Å². The van der Waals surface area contributed by atoms with E-state index < -0.39 is 0 Å². The molecule has 0 aliphatic carbocycles. The molecule has 2 heterocycles. The van der Waals surface area contributed by atoms with Crippen LogP contribution in [0, 0.1) is 12.8 Å². The van der Waals surface area contributed by atoms with Crippen LogP contribution < -0.4 is 14.9 Å². The van der Waals surface area contributed by atoms with Crippen LogP contribution in [0.2, 0.25) is 0 Å². The minimum absolute atomic E-state index is 0.0206. The van der Waals surface area contributed by atoms with Crippen LogP contribution in [0.4, 0.5) is 0 Å². The maximum atomic E-state index is 13.3. The Kier molecular flexibility index (Phi) is 4.85. The highest BCUT2D eigenvalue weighted by Gasteiger charge is 2.24. The van der Waals surface area contributed by atoms with Crippen LogP contribution in [0.1, 0.15) is 25.2 Å². The first-order valence-corrected chi connectivity index (χ1v) is 9.56. The van der Waals surface area contributed by atoms with Crippen molar-refractivity contribution in [1.82, 2.24) is 4.90 Å². The second-order valence-corrected chi connectivity index (χ2v) is 7.69. The molecule has 0 spiro atoms. The predicted octanol–water partition coefficient (Wildman–Crippen LogP) is 4.58. The summed E-state index contributed by atoms with van der Waals surface area (Å²) in [6.45, 7) is 8.42. The zero-order valence-corrected chi connectivity index (χ0v) is 16.7. The van der Waals surface area contributed by atoms with Gasteiger partial charge in [-0.3, -0.25) is 9.69 Å². The van der Waals surface area contributed by atoms with E-state index in [1.807, 2.05) is 43.3 Å². The normalized spacial score (nSPS) is 14.2. The zero-order chi connectivity index (χ0) is 19.8. The maximum Gasteiger partial charge on any atom is 0.200 e. The molecule has 0 amide bonds. The summed E-state index contributed by atoms with van der Waals surface area (Å²) in [6.07, 6.45) is 0. The van der Waals surface area contributed by atoms with Crippen LogP contribution >= 0.6 is 0 Å². The molecule has 0 bridgehead atoms. The summed E-state index contributed by atoms with van der Waals surface area (Å²) in [5.74, 6) is 2.70. The summed E-state index contributed by atoms with van der Waals surface area (Å²) in [7, 11) is 1.62. The Morgan fingerprint density at radius 3 is 2.57 bits per heavy atom. The van der Waals surface area contributed by atoms with Crippen molar-refractivity contribution in [3.8, 4) is 22.6 Å². The minimum atomic E-state index is -0.0206. The Bertz CT molecular complexity index is 1070. The smallest absolute Gasteiger partial charge is 0.200 e. The fraction of sp³-hybridized carbons (Fsp3) is 0.348. The average molecular weight is 379 g/mol. The molecule has 1 aromatic heterocycles. The second kappa shape index (κ2) is 7.32. The van der Waals surface area contributed by atoms with Gasteiger partial charge in [0.2, 0.25) is 5.43 Å². The molecular weight excluding hydrogens is 354 g/mol. The molecule has 146 valence electrons. The number of benzene rings is 2. The molecule has 28 heavy (non-hydrogen) atoms. The van der Waals surface area contributed by atoms with Gasteiger partial charge in [0.1, 0.15) is 29.6 Å². The van der Waals surface area contributed by atoms with Crippen molar-refractivity contribution < 1.29 is 13.9 Å². The average Bonchev–Trinajstić information content (AvgIpc) is 2.68. The molecule has 5 heteroatoms. The molecule has 5 nitrogen and oxygen atoms in total. The van der Waals surface area contributed by atoms with E-state index in [0.29, 0.717) is 34.9 Å². The van der Waals surface area contributed by atoms with E-state index in [-0.39, 0.29) is 5.43 Å². The first-order chi connectivity index (χ1) is 13.5. The molecule has 2 aromatic carbocycles. The van der Waals surface area contributed by atoms with Crippen LogP contribution in [0.5, 0.6) is 11.5 Å². The van der Waals surface area contributed by atoms with Crippen LogP contribution in [-0.2, 0) is 6.54 Å². The molecule has 4 rings (SSSR count). The maximum absolute atomic E-state index is 13.3. The number of fused-ring (bicyclic) bond motifs is 3. The Balaban J connectivity index is 1.83. The number of ether oxygens (including phenoxy) is 2. The lowest BCUT2D eigenvalue weighted by Crippen LogP contribution is -2.34. The minimum Gasteiger partial charge on any atom is -0.497 e. The van der Waals surface area contributed by atoms with E-state index in [1.54, 1.807) is 7.11 Å². The first-order valence-electron chi connectivity index (χ1n) is 9.56. The fourth-order valence-electron chi connectivity index (χ4n) is 3.84. The van der Waals surface area contributed by atoms with Crippen molar-refractivity contribution in [3.05, 3.63) is 57.9 Å². The van der Waals surface area contributed by atoms with Crippen molar-refractivity contribution in [2.75, 3.05) is 20.4 Å². The van der Waals surface area contributed by atoms with Gasteiger partial charge in [0.05, 0.1) is 23.6 Å². The summed E-state index contributed by atoms with van der Waals surface area (Å²) >= 11 is 0.